The molecule has 3 N–H and O–H groups in total. The van der Waals surface area contributed by atoms with E-state index in [2.05, 4.69) is 15.4 Å². The molecule has 0 bridgehead atoms. The Morgan fingerprint density at radius 1 is 0.903 bits per heavy atom. The van der Waals surface area contributed by atoms with Crippen molar-refractivity contribution in [3.05, 3.63) is 78.3 Å². The van der Waals surface area contributed by atoms with E-state index in [1.165, 1.54) is 18.4 Å². The van der Waals surface area contributed by atoms with Crippen LogP contribution in [0, 0.1) is 11.6 Å². The maximum atomic E-state index is 13.2. The van der Waals surface area contributed by atoms with Gasteiger partial charge in [-0.1, -0.05) is 6.07 Å². The number of furan rings is 1. The molecule has 2 amide bonds. The first-order valence-electron chi connectivity index (χ1n) is 8.94. The van der Waals surface area contributed by atoms with Crippen LogP contribution in [0.3, 0.4) is 0 Å². The molecule has 0 fully saturated rings. The highest BCUT2D eigenvalue weighted by atomic mass is 32.2. The zero-order valence-corrected chi connectivity index (χ0v) is 16.7. The molecule has 11 heteroatoms. The summed E-state index contributed by atoms with van der Waals surface area (Å²) < 4.78 is 57.5. The van der Waals surface area contributed by atoms with E-state index in [4.69, 9.17) is 4.42 Å². The van der Waals surface area contributed by atoms with Crippen molar-refractivity contribution in [2.45, 2.75) is 11.3 Å². The number of hydrogen-bond acceptors (Lipinski definition) is 5. The Hall–Kier alpha value is -3.57. The summed E-state index contributed by atoms with van der Waals surface area (Å²) in [6.45, 7) is -0.262. The van der Waals surface area contributed by atoms with Crippen molar-refractivity contribution in [3.8, 4) is 0 Å². The van der Waals surface area contributed by atoms with Crippen LogP contribution in [-0.2, 0) is 14.8 Å². The Bertz CT molecular complexity index is 1200. The summed E-state index contributed by atoms with van der Waals surface area (Å²) >= 11 is 0. The van der Waals surface area contributed by atoms with Gasteiger partial charge in [0.25, 0.3) is 5.91 Å². The fourth-order valence-corrected chi connectivity index (χ4v) is 3.57. The van der Waals surface area contributed by atoms with Crippen molar-refractivity contribution in [2.75, 3.05) is 17.2 Å². The highest BCUT2D eigenvalue weighted by Crippen LogP contribution is 2.17. The molecule has 0 radical (unpaired) electrons. The van der Waals surface area contributed by atoms with Crippen LogP contribution in [0.1, 0.15) is 17.0 Å². The van der Waals surface area contributed by atoms with Crippen molar-refractivity contribution in [3.63, 3.8) is 0 Å². The minimum absolute atomic E-state index is 0.128. The lowest BCUT2D eigenvalue weighted by molar-refractivity contribution is -0.116. The number of halogens is 2. The minimum atomic E-state index is -4.10. The van der Waals surface area contributed by atoms with Gasteiger partial charge in [0.05, 0.1) is 11.2 Å². The molecule has 0 atom stereocenters. The predicted molar refractivity (Wildman–Crippen MR) is 108 cm³/mol. The third-order valence-electron chi connectivity index (χ3n) is 3.99. The molecule has 1 aromatic heterocycles. The molecule has 0 aliphatic rings. The molecule has 8 nitrogen and oxygen atoms in total. The Balaban J connectivity index is 1.52. The number of benzene rings is 2. The van der Waals surface area contributed by atoms with Gasteiger partial charge in [0.1, 0.15) is 0 Å². The van der Waals surface area contributed by atoms with Gasteiger partial charge in [0.2, 0.25) is 15.9 Å². The van der Waals surface area contributed by atoms with Gasteiger partial charge < -0.3 is 15.1 Å². The van der Waals surface area contributed by atoms with Gasteiger partial charge in [0.15, 0.2) is 17.4 Å². The van der Waals surface area contributed by atoms with Gasteiger partial charge in [-0.25, -0.2) is 21.9 Å². The molecule has 2 aromatic carbocycles. The quantitative estimate of drug-likeness (QED) is 0.489. The highest BCUT2D eigenvalue weighted by Gasteiger charge is 2.17. The van der Waals surface area contributed by atoms with Gasteiger partial charge in [-0.2, -0.15) is 0 Å². The Labute approximate surface area is 176 Å². The lowest BCUT2D eigenvalue weighted by atomic mass is 10.2. The molecule has 1 heterocycles. The summed E-state index contributed by atoms with van der Waals surface area (Å²) in [4.78, 5) is 23.6. The topological polar surface area (TPSA) is 118 Å². The Morgan fingerprint density at radius 2 is 1.65 bits per heavy atom. The van der Waals surface area contributed by atoms with Gasteiger partial charge in [-0.3, -0.25) is 9.59 Å². The van der Waals surface area contributed by atoms with E-state index in [1.54, 1.807) is 24.3 Å². The van der Waals surface area contributed by atoms with Gasteiger partial charge in [-0.05, 0) is 48.5 Å². The smallest absolute Gasteiger partial charge is 0.291 e. The molecule has 0 aliphatic carbocycles. The fourth-order valence-electron chi connectivity index (χ4n) is 2.52. The van der Waals surface area contributed by atoms with Crippen molar-refractivity contribution in [2.24, 2.45) is 0 Å². The standard InChI is InChI=1S/C20H17F2N3O5S/c21-16-7-6-15(12-17(16)22)31(28,29)23-9-8-19(26)24-13-3-1-4-14(11-13)25-20(27)18-5-2-10-30-18/h1-7,10-12,23H,8-9H2,(H,24,26)(H,25,27). The average Bonchev–Trinajstić information content (AvgIpc) is 3.25. The van der Waals surface area contributed by atoms with Gasteiger partial charge >= 0.3 is 0 Å². The van der Waals surface area contributed by atoms with E-state index < -0.39 is 38.4 Å². The van der Waals surface area contributed by atoms with Gasteiger partial charge in [-0.15, -0.1) is 0 Å². The number of nitrogens with one attached hydrogen (secondary N) is 3. The first-order chi connectivity index (χ1) is 14.7. The van der Waals surface area contributed by atoms with E-state index in [1.807, 2.05) is 0 Å². The zero-order valence-electron chi connectivity index (χ0n) is 15.9. The largest absolute Gasteiger partial charge is 0.459 e. The third-order valence-corrected chi connectivity index (χ3v) is 5.45. The second-order valence-corrected chi connectivity index (χ2v) is 8.05. The van der Waals surface area contributed by atoms with Crippen molar-refractivity contribution in [1.82, 2.24) is 4.72 Å². The summed E-state index contributed by atoms with van der Waals surface area (Å²) in [5.41, 5.74) is 0.795. The van der Waals surface area contributed by atoms with Crippen molar-refractivity contribution in [1.29, 1.82) is 0 Å². The van der Waals surface area contributed by atoms with Crippen LogP contribution in [0.15, 0.2) is 70.2 Å². The van der Waals surface area contributed by atoms with E-state index in [-0.39, 0.29) is 18.7 Å². The molecular weight excluding hydrogens is 432 g/mol. The van der Waals surface area contributed by atoms with Crippen LogP contribution in [0.2, 0.25) is 0 Å². The predicted octanol–water partition coefficient (Wildman–Crippen LogP) is 3.12. The summed E-state index contributed by atoms with van der Waals surface area (Å²) in [6, 6.07) is 11.6. The molecule has 0 spiro atoms. The van der Waals surface area contributed by atoms with Crippen molar-refractivity contribution >= 4 is 33.2 Å². The number of carbonyl (C=O) groups is 2. The maximum absolute atomic E-state index is 13.2. The second kappa shape index (κ2) is 9.49. The lowest BCUT2D eigenvalue weighted by Gasteiger charge is -2.09. The number of anilines is 2. The van der Waals surface area contributed by atoms with Gasteiger partial charge in [0, 0.05) is 24.3 Å². The molecule has 0 saturated heterocycles. The molecule has 0 aliphatic heterocycles. The van der Waals surface area contributed by atoms with Crippen LogP contribution in [0.25, 0.3) is 0 Å². The minimum Gasteiger partial charge on any atom is -0.459 e. The molecular formula is C20H17F2N3O5S. The Kier molecular flexibility index (Phi) is 6.78. The molecule has 0 saturated carbocycles. The lowest BCUT2D eigenvalue weighted by Crippen LogP contribution is -2.28. The number of sulfonamides is 1. The van der Waals surface area contributed by atoms with E-state index in [9.17, 15) is 26.8 Å². The molecule has 31 heavy (non-hydrogen) atoms. The summed E-state index contributed by atoms with van der Waals surface area (Å²) in [5.74, 6) is -3.29. The molecule has 162 valence electrons. The second-order valence-electron chi connectivity index (χ2n) is 6.28. The fraction of sp³-hybridized carbons (Fsp3) is 0.100. The van der Waals surface area contributed by atoms with E-state index in [0.717, 1.165) is 6.07 Å². The van der Waals surface area contributed by atoms with Crippen LogP contribution >= 0.6 is 0 Å². The number of amides is 2. The SMILES string of the molecule is O=C(CCNS(=O)(=O)c1ccc(F)c(F)c1)Nc1cccc(NC(=O)c2ccco2)c1. The highest BCUT2D eigenvalue weighted by molar-refractivity contribution is 7.89. The van der Waals surface area contributed by atoms with E-state index in [0.29, 0.717) is 23.5 Å². The van der Waals surface area contributed by atoms with Crippen LogP contribution < -0.4 is 15.4 Å². The molecule has 0 unspecified atom stereocenters. The number of carbonyl (C=O) groups excluding carboxylic acids is 2. The van der Waals surface area contributed by atoms with Crippen molar-refractivity contribution < 1.29 is 31.2 Å². The first-order valence-corrected chi connectivity index (χ1v) is 10.4. The number of rotatable bonds is 8. The summed E-state index contributed by atoms with van der Waals surface area (Å²) in [6.07, 6.45) is 1.15. The van der Waals surface area contributed by atoms with Crippen LogP contribution in [0.4, 0.5) is 20.2 Å². The zero-order chi connectivity index (χ0) is 22.4. The number of hydrogen-bond donors (Lipinski definition) is 3. The Morgan fingerprint density at radius 3 is 2.32 bits per heavy atom. The maximum Gasteiger partial charge on any atom is 0.291 e. The molecule has 3 aromatic rings. The molecule has 3 rings (SSSR count). The van der Waals surface area contributed by atoms with Crippen LogP contribution in [-0.4, -0.2) is 26.8 Å². The normalized spacial score (nSPS) is 11.2. The average molecular weight is 449 g/mol. The summed E-state index contributed by atoms with van der Waals surface area (Å²) in [5, 5.41) is 5.19. The first kappa shape index (κ1) is 22.1. The van der Waals surface area contributed by atoms with Crippen LogP contribution in [0.5, 0.6) is 0 Å². The summed E-state index contributed by atoms with van der Waals surface area (Å²) in [7, 11) is -4.10. The third kappa shape index (κ3) is 5.96. The van der Waals surface area contributed by atoms with E-state index >= 15 is 0 Å². The monoisotopic (exact) mass is 449 g/mol.